The molecule has 20 heavy (non-hydrogen) atoms. The Morgan fingerprint density at radius 2 is 1.95 bits per heavy atom. The molecule has 0 atom stereocenters. The second-order valence-corrected chi connectivity index (χ2v) is 5.75. The van der Waals surface area contributed by atoms with Gasteiger partial charge < -0.3 is 5.73 Å². The van der Waals surface area contributed by atoms with Crippen LogP contribution < -0.4 is 5.73 Å². The summed E-state index contributed by atoms with van der Waals surface area (Å²) in [6.07, 6.45) is 7.57. The average molecular weight is 277 g/mol. The van der Waals surface area contributed by atoms with E-state index in [9.17, 15) is 4.39 Å². The van der Waals surface area contributed by atoms with Crippen LogP contribution >= 0.6 is 0 Å². The van der Waals surface area contributed by atoms with Crippen molar-refractivity contribution in [3.63, 3.8) is 0 Å². The number of nitrogen functional groups attached to an aromatic ring is 1. The lowest BCUT2D eigenvalue weighted by Gasteiger charge is -2.27. The predicted molar refractivity (Wildman–Crippen MR) is 80.4 cm³/mol. The predicted octanol–water partition coefficient (Wildman–Crippen LogP) is 3.26. The standard InChI is InChI=1S/C16H24FN3/c1-20(13-8-4-2-3-5-9-13)11-12-7-6-10-14(15(12)17)16(18)19/h6-7,10,13H,2-5,8-9,11H2,1H3,(H3,18,19). The lowest BCUT2D eigenvalue weighted by atomic mass is 10.0. The lowest BCUT2D eigenvalue weighted by Crippen LogP contribution is -2.31. The zero-order valence-corrected chi connectivity index (χ0v) is 12.2. The number of nitrogens with one attached hydrogen (secondary N) is 1. The van der Waals surface area contributed by atoms with Gasteiger partial charge in [-0.15, -0.1) is 0 Å². The first-order valence-corrected chi connectivity index (χ1v) is 7.41. The summed E-state index contributed by atoms with van der Waals surface area (Å²) in [5.41, 5.74) is 6.24. The normalized spacial score (nSPS) is 17.1. The minimum atomic E-state index is -0.347. The third-order valence-electron chi connectivity index (χ3n) is 4.24. The zero-order valence-electron chi connectivity index (χ0n) is 12.2. The van der Waals surface area contributed by atoms with Crippen molar-refractivity contribution in [2.24, 2.45) is 5.73 Å². The molecule has 0 heterocycles. The van der Waals surface area contributed by atoms with E-state index >= 15 is 0 Å². The minimum absolute atomic E-state index is 0.205. The molecule has 1 aliphatic rings. The maximum absolute atomic E-state index is 14.3. The van der Waals surface area contributed by atoms with Crippen LogP contribution in [0.3, 0.4) is 0 Å². The first kappa shape index (κ1) is 15.0. The Morgan fingerprint density at radius 3 is 2.55 bits per heavy atom. The van der Waals surface area contributed by atoms with Crippen LogP contribution in [0.5, 0.6) is 0 Å². The third kappa shape index (κ3) is 3.57. The average Bonchev–Trinajstić information content (AvgIpc) is 2.69. The SMILES string of the molecule is CN(Cc1cccc(C(=N)N)c1F)C1CCCCCC1. The Morgan fingerprint density at radius 1 is 1.30 bits per heavy atom. The summed E-state index contributed by atoms with van der Waals surface area (Å²) in [4.78, 5) is 2.24. The molecule has 0 bridgehead atoms. The lowest BCUT2D eigenvalue weighted by molar-refractivity contribution is 0.210. The van der Waals surface area contributed by atoms with Gasteiger partial charge in [-0.3, -0.25) is 10.3 Å². The maximum atomic E-state index is 14.3. The van der Waals surface area contributed by atoms with E-state index in [0.717, 1.165) is 0 Å². The summed E-state index contributed by atoms with van der Waals surface area (Å²) in [7, 11) is 2.07. The molecule has 0 aliphatic heterocycles. The van der Waals surface area contributed by atoms with Gasteiger partial charge in [0.2, 0.25) is 0 Å². The minimum Gasteiger partial charge on any atom is -0.384 e. The molecule has 2 rings (SSSR count). The van der Waals surface area contributed by atoms with Crippen molar-refractivity contribution in [3.8, 4) is 0 Å². The van der Waals surface area contributed by atoms with Crippen LogP contribution in [0, 0.1) is 11.2 Å². The summed E-state index contributed by atoms with van der Waals surface area (Å²) < 4.78 is 14.3. The highest BCUT2D eigenvalue weighted by molar-refractivity contribution is 5.95. The number of rotatable bonds is 4. The van der Waals surface area contributed by atoms with Gasteiger partial charge in [0.25, 0.3) is 0 Å². The summed E-state index contributed by atoms with van der Waals surface area (Å²) in [6, 6.07) is 5.66. The van der Waals surface area contributed by atoms with E-state index in [1.165, 1.54) is 38.5 Å². The fourth-order valence-electron chi connectivity index (χ4n) is 3.01. The van der Waals surface area contributed by atoms with Crippen molar-refractivity contribution in [2.45, 2.75) is 51.1 Å². The molecule has 0 radical (unpaired) electrons. The molecule has 3 nitrogen and oxygen atoms in total. The van der Waals surface area contributed by atoms with Crippen LogP contribution in [-0.4, -0.2) is 23.8 Å². The Labute approximate surface area is 120 Å². The Bertz CT molecular complexity index is 465. The molecular formula is C16H24FN3. The molecule has 1 aromatic rings. The molecule has 3 N–H and O–H groups in total. The highest BCUT2D eigenvalue weighted by Crippen LogP contribution is 2.23. The number of nitrogens with zero attached hydrogens (tertiary/aromatic N) is 1. The van der Waals surface area contributed by atoms with Crippen molar-refractivity contribution in [1.82, 2.24) is 4.90 Å². The smallest absolute Gasteiger partial charge is 0.138 e. The first-order valence-electron chi connectivity index (χ1n) is 7.41. The number of nitrogens with two attached hydrogens (primary N) is 1. The van der Waals surface area contributed by atoms with E-state index in [4.69, 9.17) is 11.1 Å². The van der Waals surface area contributed by atoms with E-state index < -0.39 is 0 Å². The second kappa shape index (κ2) is 6.84. The Kier molecular flexibility index (Phi) is 5.12. The van der Waals surface area contributed by atoms with Crippen LogP contribution in [0.1, 0.15) is 49.7 Å². The monoisotopic (exact) mass is 277 g/mol. The van der Waals surface area contributed by atoms with Crippen molar-refractivity contribution in [3.05, 3.63) is 35.1 Å². The molecule has 1 fully saturated rings. The van der Waals surface area contributed by atoms with Crippen molar-refractivity contribution < 1.29 is 4.39 Å². The fraction of sp³-hybridized carbons (Fsp3) is 0.562. The van der Waals surface area contributed by atoms with Crippen LogP contribution in [-0.2, 0) is 6.54 Å². The molecule has 4 heteroatoms. The van der Waals surface area contributed by atoms with Crippen LogP contribution in [0.2, 0.25) is 0 Å². The highest BCUT2D eigenvalue weighted by Gasteiger charge is 2.19. The molecule has 0 unspecified atom stereocenters. The van der Waals surface area contributed by atoms with Gasteiger partial charge in [-0.05, 0) is 26.0 Å². The van der Waals surface area contributed by atoms with Gasteiger partial charge in [-0.25, -0.2) is 4.39 Å². The topological polar surface area (TPSA) is 53.1 Å². The molecule has 0 amide bonds. The summed E-state index contributed by atoms with van der Waals surface area (Å²) in [6.45, 7) is 0.581. The number of halogens is 1. The van der Waals surface area contributed by atoms with E-state index in [1.807, 2.05) is 0 Å². The van der Waals surface area contributed by atoms with Gasteiger partial charge in [0.15, 0.2) is 0 Å². The first-order chi connectivity index (χ1) is 9.59. The molecule has 1 saturated carbocycles. The largest absolute Gasteiger partial charge is 0.384 e. The number of amidine groups is 1. The molecular weight excluding hydrogens is 253 g/mol. The van der Waals surface area contributed by atoms with E-state index in [2.05, 4.69) is 11.9 Å². The number of hydrogen-bond donors (Lipinski definition) is 2. The molecule has 110 valence electrons. The van der Waals surface area contributed by atoms with Crippen LogP contribution in [0.4, 0.5) is 4.39 Å². The van der Waals surface area contributed by atoms with E-state index in [-0.39, 0.29) is 17.2 Å². The summed E-state index contributed by atoms with van der Waals surface area (Å²) in [5.74, 6) is -0.554. The van der Waals surface area contributed by atoms with Crippen molar-refractivity contribution in [1.29, 1.82) is 5.41 Å². The highest BCUT2D eigenvalue weighted by atomic mass is 19.1. The van der Waals surface area contributed by atoms with Gasteiger partial charge in [-0.1, -0.05) is 37.8 Å². The van der Waals surface area contributed by atoms with Crippen LogP contribution in [0.25, 0.3) is 0 Å². The third-order valence-corrected chi connectivity index (χ3v) is 4.24. The molecule has 1 aromatic carbocycles. The number of hydrogen-bond acceptors (Lipinski definition) is 2. The van der Waals surface area contributed by atoms with E-state index in [1.54, 1.807) is 18.2 Å². The Balaban J connectivity index is 2.08. The molecule has 0 aromatic heterocycles. The van der Waals surface area contributed by atoms with Gasteiger partial charge in [0.05, 0.1) is 5.56 Å². The van der Waals surface area contributed by atoms with Gasteiger partial charge >= 0.3 is 0 Å². The summed E-state index contributed by atoms with van der Waals surface area (Å²) in [5, 5.41) is 7.40. The number of benzene rings is 1. The van der Waals surface area contributed by atoms with Crippen LogP contribution in [0.15, 0.2) is 18.2 Å². The van der Waals surface area contributed by atoms with Gasteiger partial charge in [0.1, 0.15) is 11.7 Å². The second-order valence-electron chi connectivity index (χ2n) is 5.75. The molecule has 0 spiro atoms. The molecule has 0 saturated heterocycles. The fourth-order valence-corrected chi connectivity index (χ4v) is 3.01. The molecule has 1 aliphatic carbocycles. The van der Waals surface area contributed by atoms with E-state index in [0.29, 0.717) is 18.2 Å². The zero-order chi connectivity index (χ0) is 14.5. The maximum Gasteiger partial charge on any atom is 0.138 e. The summed E-state index contributed by atoms with van der Waals surface area (Å²) >= 11 is 0. The van der Waals surface area contributed by atoms with Crippen molar-refractivity contribution >= 4 is 5.84 Å². The van der Waals surface area contributed by atoms with Gasteiger partial charge in [0, 0.05) is 18.2 Å². The quantitative estimate of drug-likeness (QED) is 0.504. The Hall–Kier alpha value is -1.42. The van der Waals surface area contributed by atoms with Gasteiger partial charge in [-0.2, -0.15) is 0 Å². The van der Waals surface area contributed by atoms with Crippen molar-refractivity contribution in [2.75, 3.05) is 7.05 Å².